The summed E-state index contributed by atoms with van der Waals surface area (Å²) in [4.78, 5) is 11.3. The molecule has 0 amide bonds. The molecule has 5 rings (SSSR count). The minimum atomic E-state index is -0.242. The maximum atomic E-state index is 13.3. The lowest BCUT2D eigenvalue weighted by molar-refractivity contribution is -0.128. The number of thiazole rings is 1. The maximum absolute atomic E-state index is 13.3. The molecule has 1 atom stereocenters. The molecule has 0 spiro atoms. The lowest BCUT2D eigenvalue weighted by Crippen LogP contribution is -2.43. The average molecular weight is 405 g/mol. The molecule has 0 radical (unpaired) electrons. The van der Waals surface area contributed by atoms with Crippen molar-refractivity contribution < 1.29 is 9.23 Å². The Morgan fingerprint density at radius 1 is 0.966 bits per heavy atom. The van der Waals surface area contributed by atoms with Crippen molar-refractivity contribution in [1.29, 1.82) is 0 Å². The zero-order chi connectivity index (χ0) is 20.2. The largest absolute Gasteiger partial charge is 0.404 e. The first kappa shape index (κ1) is 18.3. The first-order chi connectivity index (χ1) is 13.9. The molecule has 1 aliphatic rings. The topological polar surface area (TPSA) is 25.4 Å². The lowest BCUT2D eigenvalue weighted by Gasteiger charge is -2.34. The van der Waals surface area contributed by atoms with Crippen LogP contribution in [0.5, 0.6) is 5.75 Å². The van der Waals surface area contributed by atoms with Crippen molar-refractivity contribution in [2.45, 2.75) is 32.4 Å². The molecule has 0 aliphatic carbocycles. The van der Waals surface area contributed by atoms with Crippen LogP contribution in [0, 0.1) is 5.82 Å². The van der Waals surface area contributed by atoms with Crippen molar-refractivity contribution in [3.05, 3.63) is 83.7 Å². The zero-order valence-corrected chi connectivity index (χ0v) is 17.3. The van der Waals surface area contributed by atoms with E-state index in [0.717, 1.165) is 32.1 Å². The van der Waals surface area contributed by atoms with E-state index in [1.54, 1.807) is 23.5 Å². The van der Waals surface area contributed by atoms with E-state index in [1.807, 2.05) is 12.1 Å². The molecule has 1 unspecified atom stereocenters. The fourth-order valence-electron chi connectivity index (χ4n) is 3.79. The van der Waals surface area contributed by atoms with E-state index in [2.05, 4.69) is 56.2 Å². The van der Waals surface area contributed by atoms with Gasteiger partial charge in [0.05, 0.1) is 10.2 Å². The van der Waals surface area contributed by atoms with Crippen LogP contribution in [0.15, 0.2) is 66.7 Å². The Morgan fingerprint density at radius 3 is 2.38 bits per heavy atom. The van der Waals surface area contributed by atoms with Gasteiger partial charge < -0.3 is 4.84 Å². The summed E-state index contributed by atoms with van der Waals surface area (Å²) in [7, 11) is 0. The SMILES string of the molecule is CC(C)(C)N1Oc2ccc3sc(-c4ccc(F)cc4)nc3c2C1c1ccccc1. The third-order valence-electron chi connectivity index (χ3n) is 5.13. The normalized spacial score (nSPS) is 16.8. The van der Waals surface area contributed by atoms with Gasteiger partial charge in [0, 0.05) is 16.7 Å². The zero-order valence-electron chi connectivity index (χ0n) is 16.5. The Bertz CT molecular complexity index is 1180. The Kier molecular flexibility index (Phi) is 4.19. The molecule has 0 fully saturated rings. The molecule has 2 heterocycles. The summed E-state index contributed by atoms with van der Waals surface area (Å²) in [5, 5.41) is 2.94. The quantitative estimate of drug-likeness (QED) is 0.376. The Hall–Kier alpha value is -2.76. The summed E-state index contributed by atoms with van der Waals surface area (Å²) >= 11 is 1.62. The minimum Gasteiger partial charge on any atom is -0.404 e. The highest BCUT2D eigenvalue weighted by Gasteiger charge is 2.42. The number of hydrogen-bond acceptors (Lipinski definition) is 4. The van der Waals surface area contributed by atoms with Gasteiger partial charge in [-0.1, -0.05) is 30.3 Å². The summed E-state index contributed by atoms with van der Waals surface area (Å²) in [5.41, 5.74) is 3.94. The molecule has 1 aromatic heterocycles. The van der Waals surface area contributed by atoms with Crippen molar-refractivity contribution >= 4 is 21.6 Å². The summed E-state index contributed by atoms with van der Waals surface area (Å²) in [6, 6.07) is 21.0. The van der Waals surface area contributed by atoms with Crippen LogP contribution in [-0.4, -0.2) is 15.6 Å². The highest BCUT2D eigenvalue weighted by molar-refractivity contribution is 7.21. The molecule has 29 heavy (non-hydrogen) atoms. The fourth-order valence-corrected chi connectivity index (χ4v) is 4.78. The molecule has 3 aromatic carbocycles. The minimum absolute atomic E-state index is 0.0435. The predicted octanol–water partition coefficient (Wildman–Crippen LogP) is 6.60. The van der Waals surface area contributed by atoms with E-state index in [4.69, 9.17) is 9.82 Å². The summed E-state index contributed by atoms with van der Waals surface area (Å²) in [6.45, 7) is 6.45. The molecular formula is C24H21FN2OS. The number of nitrogens with zero attached hydrogens (tertiary/aromatic N) is 2. The van der Waals surface area contributed by atoms with E-state index >= 15 is 0 Å². The number of hydroxylamine groups is 2. The monoisotopic (exact) mass is 404 g/mol. The van der Waals surface area contributed by atoms with E-state index in [1.165, 1.54) is 17.7 Å². The van der Waals surface area contributed by atoms with Crippen molar-refractivity contribution in [3.8, 4) is 16.3 Å². The highest BCUT2D eigenvalue weighted by Crippen LogP contribution is 2.49. The second kappa shape index (κ2) is 6.65. The number of hydrogen-bond donors (Lipinski definition) is 0. The van der Waals surface area contributed by atoms with Crippen LogP contribution >= 0.6 is 11.3 Å². The van der Waals surface area contributed by atoms with Crippen molar-refractivity contribution in [1.82, 2.24) is 10.0 Å². The number of rotatable bonds is 2. The van der Waals surface area contributed by atoms with Crippen LogP contribution < -0.4 is 4.84 Å². The van der Waals surface area contributed by atoms with Gasteiger partial charge in [-0.25, -0.2) is 9.37 Å². The maximum Gasteiger partial charge on any atom is 0.155 e. The van der Waals surface area contributed by atoms with E-state index < -0.39 is 0 Å². The van der Waals surface area contributed by atoms with Gasteiger partial charge in [-0.3, -0.25) is 0 Å². The van der Waals surface area contributed by atoms with Crippen LogP contribution in [0.3, 0.4) is 0 Å². The number of benzene rings is 3. The van der Waals surface area contributed by atoms with Gasteiger partial charge in [0.2, 0.25) is 0 Å². The summed E-state index contributed by atoms with van der Waals surface area (Å²) in [5.74, 6) is 0.603. The first-order valence-corrected chi connectivity index (χ1v) is 10.4. The van der Waals surface area contributed by atoms with E-state index in [0.29, 0.717) is 0 Å². The van der Waals surface area contributed by atoms with Gasteiger partial charge in [-0.05, 0) is 62.7 Å². The van der Waals surface area contributed by atoms with Crippen LogP contribution in [0.1, 0.15) is 37.9 Å². The van der Waals surface area contributed by atoms with E-state index in [9.17, 15) is 4.39 Å². The molecule has 0 saturated carbocycles. The Balaban J connectivity index is 1.71. The summed E-state index contributed by atoms with van der Waals surface area (Å²) < 4.78 is 14.4. The number of aromatic nitrogens is 1. The molecule has 0 saturated heterocycles. The molecule has 5 heteroatoms. The second-order valence-corrected chi connectivity index (χ2v) is 9.28. The Morgan fingerprint density at radius 2 is 1.69 bits per heavy atom. The predicted molar refractivity (Wildman–Crippen MR) is 116 cm³/mol. The molecule has 0 N–H and O–H groups in total. The number of fused-ring (bicyclic) bond motifs is 3. The standard InChI is InChI=1S/C24H21FN2OS/c1-24(2,3)27-22(15-7-5-4-6-8-15)20-18(28-27)13-14-19-21(20)26-23(29-19)16-9-11-17(25)12-10-16/h4-14,22H,1-3H3. The van der Waals surface area contributed by atoms with Gasteiger partial charge in [0.15, 0.2) is 5.75 Å². The van der Waals surface area contributed by atoms with Gasteiger partial charge in [0.1, 0.15) is 16.9 Å². The molecular weight excluding hydrogens is 383 g/mol. The molecule has 4 aromatic rings. The molecule has 3 nitrogen and oxygen atoms in total. The van der Waals surface area contributed by atoms with Crippen LogP contribution in [-0.2, 0) is 0 Å². The molecule has 1 aliphatic heterocycles. The van der Waals surface area contributed by atoms with Crippen LogP contribution in [0.2, 0.25) is 0 Å². The average Bonchev–Trinajstić information content (AvgIpc) is 3.30. The highest BCUT2D eigenvalue weighted by atomic mass is 32.1. The first-order valence-electron chi connectivity index (χ1n) is 9.63. The fraction of sp³-hybridized carbons (Fsp3) is 0.208. The third kappa shape index (κ3) is 3.11. The van der Waals surface area contributed by atoms with Gasteiger partial charge in [0.25, 0.3) is 0 Å². The summed E-state index contributed by atoms with van der Waals surface area (Å²) in [6.07, 6.45) is 0. The smallest absolute Gasteiger partial charge is 0.155 e. The van der Waals surface area contributed by atoms with Crippen molar-refractivity contribution in [3.63, 3.8) is 0 Å². The van der Waals surface area contributed by atoms with E-state index in [-0.39, 0.29) is 17.4 Å². The van der Waals surface area contributed by atoms with Crippen LogP contribution in [0.25, 0.3) is 20.8 Å². The third-order valence-corrected chi connectivity index (χ3v) is 6.20. The van der Waals surface area contributed by atoms with Crippen molar-refractivity contribution in [2.75, 3.05) is 0 Å². The van der Waals surface area contributed by atoms with Gasteiger partial charge >= 0.3 is 0 Å². The van der Waals surface area contributed by atoms with Crippen LogP contribution in [0.4, 0.5) is 4.39 Å². The van der Waals surface area contributed by atoms with Gasteiger partial charge in [-0.2, -0.15) is 0 Å². The second-order valence-electron chi connectivity index (χ2n) is 8.25. The molecule has 146 valence electrons. The number of halogens is 1. The Labute approximate surface area is 173 Å². The van der Waals surface area contributed by atoms with Gasteiger partial charge in [-0.15, -0.1) is 16.4 Å². The lowest BCUT2D eigenvalue weighted by atomic mass is 9.94. The van der Waals surface area contributed by atoms with Crippen molar-refractivity contribution in [2.24, 2.45) is 0 Å². The molecule has 0 bridgehead atoms.